The number of nitrogens with two attached hydrogens (primary N) is 1. The first-order chi connectivity index (χ1) is 17.4. The van der Waals surface area contributed by atoms with Crippen LogP contribution in [-0.2, 0) is 30.4 Å². The van der Waals surface area contributed by atoms with Gasteiger partial charge in [-0.2, -0.15) is 0 Å². The second-order valence-corrected chi connectivity index (χ2v) is 9.10. The number of hydrogen-bond donors (Lipinski definition) is 8. The zero-order chi connectivity index (χ0) is 27.7. The van der Waals surface area contributed by atoms with Gasteiger partial charge in [-0.3, -0.25) is 19.2 Å². The lowest BCUT2D eigenvalue weighted by Crippen LogP contribution is -2.58. The molecule has 1 heterocycles. The lowest BCUT2D eigenvalue weighted by atomic mass is 10.0. The van der Waals surface area contributed by atoms with E-state index in [2.05, 4.69) is 15.6 Å². The van der Waals surface area contributed by atoms with Gasteiger partial charge in [0.25, 0.3) is 0 Å². The third-order valence-corrected chi connectivity index (χ3v) is 5.60. The number of aliphatic hydroxyl groups excluding tert-OH is 1. The minimum Gasteiger partial charge on any atom is -0.481 e. The SMILES string of the molecule is CC(C)CC(NC(=O)C(N)Cc1c[nH]c2ccccc12)C(=O)NC(CO)C(=O)NC(CC(=O)O)C(=O)O. The van der Waals surface area contributed by atoms with Crippen molar-refractivity contribution in [2.75, 3.05) is 6.61 Å². The number of aliphatic hydroxyl groups is 1. The summed E-state index contributed by atoms with van der Waals surface area (Å²) in [5, 5.41) is 35.3. The Labute approximate surface area is 212 Å². The average Bonchev–Trinajstić information content (AvgIpc) is 3.23. The predicted octanol–water partition coefficient (Wildman–Crippen LogP) is -0.910. The predicted molar refractivity (Wildman–Crippen MR) is 132 cm³/mol. The van der Waals surface area contributed by atoms with Crippen molar-refractivity contribution in [1.29, 1.82) is 0 Å². The number of fused-ring (bicyclic) bond motifs is 1. The summed E-state index contributed by atoms with van der Waals surface area (Å²) in [4.78, 5) is 63.3. The van der Waals surface area contributed by atoms with E-state index in [1.165, 1.54) is 0 Å². The summed E-state index contributed by atoms with van der Waals surface area (Å²) in [7, 11) is 0. The van der Waals surface area contributed by atoms with Gasteiger partial charge in [0.15, 0.2) is 0 Å². The Kier molecular flexibility index (Phi) is 10.6. The monoisotopic (exact) mass is 519 g/mol. The molecule has 0 saturated carbocycles. The average molecular weight is 520 g/mol. The van der Waals surface area contributed by atoms with Crippen LogP contribution in [0.5, 0.6) is 0 Å². The summed E-state index contributed by atoms with van der Waals surface area (Å²) in [5.74, 6) is -5.57. The normalized spacial score (nSPS) is 14.4. The number of H-pyrrole nitrogens is 1. The highest BCUT2D eigenvalue weighted by Crippen LogP contribution is 2.19. The van der Waals surface area contributed by atoms with Crippen molar-refractivity contribution >= 4 is 40.6 Å². The zero-order valence-corrected chi connectivity index (χ0v) is 20.6. The largest absolute Gasteiger partial charge is 0.481 e. The summed E-state index contributed by atoms with van der Waals surface area (Å²) < 4.78 is 0. The zero-order valence-electron chi connectivity index (χ0n) is 20.6. The fraction of sp³-hybridized carbons (Fsp3) is 0.458. The molecule has 1 aromatic carbocycles. The first-order valence-electron chi connectivity index (χ1n) is 11.7. The summed E-state index contributed by atoms with van der Waals surface area (Å²) in [6.45, 7) is 2.75. The van der Waals surface area contributed by atoms with Crippen LogP contribution >= 0.6 is 0 Å². The van der Waals surface area contributed by atoms with Crippen molar-refractivity contribution in [3.8, 4) is 0 Å². The molecule has 0 fully saturated rings. The van der Waals surface area contributed by atoms with Gasteiger partial charge in [-0.25, -0.2) is 4.79 Å². The summed E-state index contributed by atoms with van der Waals surface area (Å²) in [6.07, 6.45) is 1.25. The smallest absolute Gasteiger partial charge is 0.326 e. The van der Waals surface area contributed by atoms with Crippen LogP contribution in [0.25, 0.3) is 10.9 Å². The van der Waals surface area contributed by atoms with Gasteiger partial charge in [0.2, 0.25) is 17.7 Å². The maximum atomic E-state index is 12.9. The van der Waals surface area contributed by atoms with E-state index in [4.69, 9.17) is 15.9 Å². The molecular weight excluding hydrogens is 486 g/mol. The number of carboxylic acids is 2. The second-order valence-electron chi connectivity index (χ2n) is 9.10. The summed E-state index contributed by atoms with van der Waals surface area (Å²) in [5.41, 5.74) is 7.83. The summed E-state index contributed by atoms with van der Waals surface area (Å²) in [6, 6.07) is 2.11. The fourth-order valence-electron chi connectivity index (χ4n) is 3.73. The molecule has 9 N–H and O–H groups in total. The van der Waals surface area contributed by atoms with Gasteiger partial charge in [-0.05, 0) is 30.4 Å². The molecule has 13 heteroatoms. The van der Waals surface area contributed by atoms with Crippen molar-refractivity contribution < 1.29 is 39.3 Å². The highest BCUT2D eigenvalue weighted by atomic mass is 16.4. The number of rotatable bonds is 14. The molecule has 4 atom stereocenters. The number of hydrogen-bond acceptors (Lipinski definition) is 7. The van der Waals surface area contributed by atoms with Crippen LogP contribution in [-0.4, -0.2) is 80.7 Å². The number of para-hydroxylation sites is 1. The van der Waals surface area contributed by atoms with E-state index in [1.807, 2.05) is 43.4 Å². The lowest BCUT2D eigenvalue weighted by molar-refractivity contribution is -0.147. The van der Waals surface area contributed by atoms with Gasteiger partial charge in [0, 0.05) is 17.1 Å². The van der Waals surface area contributed by atoms with Crippen LogP contribution in [0.3, 0.4) is 0 Å². The van der Waals surface area contributed by atoms with Gasteiger partial charge >= 0.3 is 11.9 Å². The van der Waals surface area contributed by atoms with Crippen molar-refractivity contribution in [1.82, 2.24) is 20.9 Å². The van der Waals surface area contributed by atoms with E-state index in [9.17, 15) is 29.1 Å². The number of carbonyl (C=O) groups excluding carboxylic acids is 3. The molecule has 0 bridgehead atoms. The highest BCUT2D eigenvalue weighted by Gasteiger charge is 2.31. The molecule has 0 aliphatic rings. The highest BCUT2D eigenvalue weighted by molar-refractivity contribution is 5.95. The number of nitrogens with one attached hydrogen (secondary N) is 4. The number of carbonyl (C=O) groups is 5. The van der Waals surface area contributed by atoms with Crippen LogP contribution in [0.15, 0.2) is 30.5 Å². The van der Waals surface area contributed by atoms with Gasteiger partial charge in [-0.1, -0.05) is 32.0 Å². The first-order valence-corrected chi connectivity index (χ1v) is 11.7. The molecule has 0 saturated heterocycles. The van der Waals surface area contributed by atoms with Gasteiger partial charge < -0.3 is 42.0 Å². The van der Waals surface area contributed by atoms with Gasteiger partial charge in [0.1, 0.15) is 18.1 Å². The Balaban J connectivity index is 2.06. The van der Waals surface area contributed by atoms with Crippen LogP contribution in [0.1, 0.15) is 32.3 Å². The molecule has 202 valence electrons. The Morgan fingerprint density at radius 2 is 1.51 bits per heavy atom. The Hall–Kier alpha value is -3.97. The molecule has 0 aliphatic heterocycles. The molecule has 37 heavy (non-hydrogen) atoms. The second kappa shape index (κ2) is 13.4. The van der Waals surface area contributed by atoms with Crippen molar-refractivity contribution in [2.45, 2.75) is 57.3 Å². The number of benzene rings is 1. The topological polar surface area (TPSA) is 224 Å². The van der Waals surface area contributed by atoms with Crippen LogP contribution < -0.4 is 21.7 Å². The maximum Gasteiger partial charge on any atom is 0.326 e. The molecule has 1 aromatic heterocycles. The maximum absolute atomic E-state index is 12.9. The Morgan fingerprint density at radius 1 is 0.919 bits per heavy atom. The van der Waals surface area contributed by atoms with Crippen LogP contribution in [0.4, 0.5) is 0 Å². The third-order valence-electron chi connectivity index (χ3n) is 5.60. The molecule has 2 aromatic rings. The third kappa shape index (κ3) is 8.58. The van der Waals surface area contributed by atoms with E-state index in [0.29, 0.717) is 0 Å². The number of amides is 3. The molecule has 2 rings (SSSR count). The number of aromatic nitrogens is 1. The number of carboxylic acid groups (broad SMARTS) is 2. The van der Waals surface area contributed by atoms with Gasteiger partial charge in [-0.15, -0.1) is 0 Å². The molecule has 4 unspecified atom stereocenters. The number of aromatic amines is 1. The van der Waals surface area contributed by atoms with Crippen molar-refractivity contribution in [3.05, 3.63) is 36.0 Å². The molecular formula is C24H33N5O8. The van der Waals surface area contributed by atoms with Crippen LogP contribution in [0, 0.1) is 5.92 Å². The quantitative estimate of drug-likeness (QED) is 0.154. The van der Waals surface area contributed by atoms with E-state index >= 15 is 0 Å². The molecule has 0 aliphatic carbocycles. The van der Waals surface area contributed by atoms with Crippen molar-refractivity contribution in [3.63, 3.8) is 0 Å². The fourth-order valence-corrected chi connectivity index (χ4v) is 3.73. The molecule has 3 amide bonds. The lowest BCUT2D eigenvalue weighted by Gasteiger charge is -2.25. The molecule has 0 spiro atoms. The first kappa shape index (κ1) is 29.3. The van der Waals surface area contributed by atoms with Crippen molar-refractivity contribution in [2.24, 2.45) is 11.7 Å². The van der Waals surface area contributed by atoms with E-state index in [-0.39, 0.29) is 18.8 Å². The summed E-state index contributed by atoms with van der Waals surface area (Å²) >= 11 is 0. The minimum absolute atomic E-state index is 0.0470. The standard InChI is InChI=1S/C24H33N5O8/c1-12(2)7-17(22(34)29-19(11-30)23(35)28-18(24(36)37)9-20(31)32)27-21(33)15(25)8-13-10-26-16-6-4-3-5-14(13)16/h3-6,10,12,15,17-19,26,30H,7-9,11,25H2,1-2H3,(H,27,33)(H,28,35)(H,29,34)(H,31,32)(H,36,37). The van der Waals surface area contributed by atoms with Gasteiger partial charge in [0.05, 0.1) is 19.1 Å². The Bertz CT molecular complexity index is 1130. The van der Waals surface area contributed by atoms with E-state index in [1.54, 1.807) is 6.20 Å². The molecule has 0 radical (unpaired) electrons. The Morgan fingerprint density at radius 3 is 2.11 bits per heavy atom. The number of aliphatic carboxylic acids is 2. The minimum atomic E-state index is -1.76. The molecule has 13 nitrogen and oxygen atoms in total. The van der Waals surface area contributed by atoms with E-state index < -0.39 is 66.9 Å². The van der Waals surface area contributed by atoms with Crippen LogP contribution in [0.2, 0.25) is 0 Å². The van der Waals surface area contributed by atoms with E-state index in [0.717, 1.165) is 16.5 Å².